The van der Waals surface area contributed by atoms with Gasteiger partial charge in [-0.05, 0) is 61.0 Å². The third kappa shape index (κ3) is 6.93. The summed E-state index contributed by atoms with van der Waals surface area (Å²) in [6.07, 6.45) is 2.83. The van der Waals surface area contributed by atoms with Gasteiger partial charge in [0.05, 0.1) is 16.5 Å². The molecule has 3 N–H and O–H groups in total. The molecule has 0 fully saturated rings. The van der Waals surface area contributed by atoms with Gasteiger partial charge in [-0.15, -0.1) is 0 Å². The largest absolute Gasteiger partial charge is 0.382 e. The zero-order chi connectivity index (χ0) is 28.1. The molecule has 0 saturated carbocycles. The topological polar surface area (TPSA) is 127 Å². The Morgan fingerprint density at radius 3 is 2.59 bits per heavy atom. The van der Waals surface area contributed by atoms with Gasteiger partial charge >= 0.3 is 0 Å². The summed E-state index contributed by atoms with van der Waals surface area (Å²) in [4.78, 5) is 32.6. The van der Waals surface area contributed by atoms with E-state index in [1.165, 1.54) is 42.7 Å². The molecular weight excluding hydrogens is 594 g/mol. The molecule has 9 nitrogen and oxygen atoms in total. The monoisotopic (exact) mass is 614 g/mol. The van der Waals surface area contributed by atoms with Gasteiger partial charge in [0.25, 0.3) is 11.6 Å². The van der Waals surface area contributed by atoms with Crippen molar-refractivity contribution >= 4 is 45.3 Å². The average molecular weight is 615 g/mol. The highest BCUT2D eigenvalue weighted by Gasteiger charge is 2.23. The van der Waals surface area contributed by atoms with Crippen LogP contribution in [0.25, 0.3) is 11.3 Å². The Balaban J connectivity index is 1.60. The predicted octanol–water partition coefficient (Wildman–Crippen LogP) is 5.78. The Morgan fingerprint density at radius 1 is 1.15 bits per heavy atom. The van der Waals surface area contributed by atoms with Crippen molar-refractivity contribution in [2.75, 3.05) is 19.3 Å². The second kappa shape index (κ2) is 12.3. The number of amides is 1. The molecular formula is C26H21BrF2N6O3S. The Hall–Kier alpha value is -3.94. The first-order chi connectivity index (χ1) is 18.6. The van der Waals surface area contributed by atoms with Crippen LogP contribution in [-0.4, -0.2) is 38.7 Å². The summed E-state index contributed by atoms with van der Waals surface area (Å²) >= 11 is 4.35. The Morgan fingerprint density at radius 2 is 1.90 bits per heavy atom. The molecule has 0 aliphatic carbocycles. The predicted molar refractivity (Wildman–Crippen MR) is 148 cm³/mol. The molecule has 39 heavy (non-hydrogen) atoms. The lowest BCUT2D eigenvalue weighted by molar-refractivity contribution is -0.387. The van der Waals surface area contributed by atoms with Crippen molar-refractivity contribution in [3.8, 4) is 11.3 Å². The fourth-order valence-corrected chi connectivity index (χ4v) is 5.23. The van der Waals surface area contributed by atoms with Gasteiger partial charge in [0.2, 0.25) is 0 Å². The van der Waals surface area contributed by atoms with E-state index in [1.54, 1.807) is 35.6 Å². The first-order valence-electron chi connectivity index (χ1n) is 11.4. The maximum absolute atomic E-state index is 15.1. The number of anilines is 1. The van der Waals surface area contributed by atoms with Crippen LogP contribution in [0.15, 0.2) is 82.4 Å². The number of nitro groups is 1. The van der Waals surface area contributed by atoms with E-state index in [9.17, 15) is 19.3 Å². The van der Waals surface area contributed by atoms with E-state index < -0.39 is 28.5 Å². The molecule has 0 radical (unpaired) electrons. The average Bonchev–Trinajstić information content (AvgIpc) is 2.88. The molecule has 1 heterocycles. The van der Waals surface area contributed by atoms with Crippen molar-refractivity contribution in [1.29, 1.82) is 0 Å². The van der Waals surface area contributed by atoms with Gasteiger partial charge in [-0.3, -0.25) is 19.9 Å². The molecule has 1 atom stereocenters. The second-order valence-electron chi connectivity index (χ2n) is 8.34. The summed E-state index contributed by atoms with van der Waals surface area (Å²) in [7, 11) is 1.68. The molecule has 4 rings (SSSR count). The van der Waals surface area contributed by atoms with Crippen molar-refractivity contribution in [2.45, 2.75) is 10.9 Å². The molecule has 0 unspecified atom stereocenters. The minimum Gasteiger partial charge on any atom is -0.382 e. The molecule has 0 aliphatic heterocycles. The number of rotatable bonds is 9. The van der Waals surface area contributed by atoms with Crippen LogP contribution in [0.3, 0.4) is 0 Å². The summed E-state index contributed by atoms with van der Waals surface area (Å²) in [6.45, 7) is 0.105. The zero-order valence-electron chi connectivity index (χ0n) is 20.3. The van der Waals surface area contributed by atoms with E-state index in [2.05, 4.69) is 31.2 Å². The highest BCUT2D eigenvalue weighted by atomic mass is 79.9. The highest BCUT2D eigenvalue weighted by molar-refractivity contribution is 9.10. The summed E-state index contributed by atoms with van der Waals surface area (Å²) < 4.78 is 31.4. The van der Waals surface area contributed by atoms with Crippen LogP contribution in [0.1, 0.15) is 22.0 Å². The summed E-state index contributed by atoms with van der Waals surface area (Å²) in [6, 6.07) is 13.5. The number of hydrogen-bond acceptors (Lipinski definition) is 8. The van der Waals surface area contributed by atoms with Crippen LogP contribution in [0.2, 0.25) is 0 Å². The molecule has 13 heteroatoms. The maximum atomic E-state index is 15.1. The van der Waals surface area contributed by atoms with Gasteiger partial charge < -0.3 is 11.1 Å². The summed E-state index contributed by atoms with van der Waals surface area (Å²) in [5.41, 5.74) is 6.55. The number of hydrogen-bond donors (Lipinski definition) is 2. The fourth-order valence-electron chi connectivity index (χ4n) is 3.81. The Kier molecular flexibility index (Phi) is 8.84. The number of benzene rings is 3. The van der Waals surface area contributed by atoms with Crippen molar-refractivity contribution < 1.29 is 18.5 Å². The van der Waals surface area contributed by atoms with Crippen LogP contribution < -0.4 is 11.1 Å². The number of para-hydroxylation sites is 1. The third-order valence-electron chi connectivity index (χ3n) is 5.56. The minimum absolute atomic E-state index is 0.0747. The third-order valence-corrected chi connectivity index (χ3v) is 7.02. The fraction of sp³-hybridized carbons (Fsp3) is 0.115. The first kappa shape index (κ1) is 28.1. The number of nitrogen functional groups attached to an aromatic ring is 1. The number of nitro benzene ring substituents is 1. The number of carbonyl (C=O) groups excluding carboxylic acids is 1. The number of aromatic nitrogens is 2. The zero-order valence-corrected chi connectivity index (χ0v) is 22.7. The molecule has 0 bridgehead atoms. The van der Waals surface area contributed by atoms with Gasteiger partial charge in [0, 0.05) is 35.0 Å². The number of halogens is 3. The van der Waals surface area contributed by atoms with Gasteiger partial charge in [-0.1, -0.05) is 34.1 Å². The van der Waals surface area contributed by atoms with Crippen LogP contribution in [-0.2, 0) is 0 Å². The number of nitrogens with one attached hydrogen (secondary N) is 1. The number of carbonyl (C=O) groups is 1. The van der Waals surface area contributed by atoms with Crippen LogP contribution in [0, 0.1) is 21.7 Å². The van der Waals surface area contributed by atoms with Crippen LogP contribution in [0.4, 0.5) is 20.3 Å². The standard InChI is InChI=1S/C26H21BrF2N6O3S/c1-34(39-23-5-3-2-4-22(23)35(37)38)14-21(16-10-17(27)13-18(28)11-16)33-26(36)19-7-6-15(12-20(19)29)24-25(30)32-9-8-31-24/h2-13,21H,14H2,1H3,(H2,30,32)(H,33,36)/t21-/m1/s1. The molecule has 0 spiro atoms. The number of nitrogens with two attached hydrogens (primary N) is 1. The van der Waals surface area contributed by atoms with E-state index in [4.69, 9.17) is 5.73 Å². The molecule has 200 valence electrons. The Labute approximate surface area is 234 Å². The quantitative estimate of drug-likeness (QED) is 0.138. The van der Waals surface area contributed by atoms with Crippen LogP contribution in [0.5, 0.6) is 0 Å². The van der Waals surface area contributed by atoms with Gasteiger partial charge in [0.1, 0.15) is 28.0 Å². The maximum Gasteiger partial charge on any atom is 0.284 e. The van der Waals surface area contributed by atoms with Crippen molar-refractivity contribution in [2.24, 2.45) is 0 Å². The molecule has 3 aromatic carbocycles. The minimum atomic E-state index is -0.808. The van der Waals surface area contributed by atoms with Crippen molar-refractivity contribution in [3.63, 3.8) is 0 Å². The van der Waals surface area contributed by atoms with E-state index in [-0.39, 0.29) is 29.3 Å². The number of nitrogens with zero attached hydrogens (tertiary/aromatic N) is 4. The SMILES string of the molecule is CN(C[C@@H](NC(=O)c1ccc(-c2nccnc2N)cc1F)c1cc(F)cc(Br)c1)Sc1ccccc1[N+](=O)[O-]. The van der Waals surface area contributed by atoms with Crippen LogP contribution >= 0.6 is 27.9 Å². The van der Waals surface area contributed by atoms with Crippen molar-refractivity contribution in [1.82, 2.24) is 19.6 Å². The summed E-state index contributed by atoms with van der Waals surface area (Å²) in [5, 5.41) is 14.2. The summed E-state index contributed by atoms with van der Waals surface area (Å²) in [5.74, 6) is -1.97. The van der Waals surface area contributed by atoms with Gasteiger partial charge in [-0.25, -0.2) is 18.1 Å². The smallest absolute Gasteiger partial charge is 0.284 e. The molecule has 1 aromatic heterocycles. The lowest BCUT2D eigenvalue weighted by atomic mass is 10.0. The molecule has 0 saturated heterocycles. The van der Waals surface area contributed by atoms with E-state index >= 15 is 4.39 Å². The molecule has 4 aromatic rings. The first-order valence-corrected chi connectivity index (χ1v) is 12.9. The molecule has 1 amide bonds. The van der Waals surface area contributed by atoms with Gasteiger partial charge in [-0.2, -0.15) is 0 Å². The lowest BCUT2D eigenvalue weighted by Gasteiger charge is -2.25. The van der Waals surface area contributed by atoms with E-state index in [0.29, 0.717) is 20.5 Å². The Bertz CT molecular complexity index is 1520. The van der Waals surface area contributed by atoms with Gasteiger partial charge in [0.15, 0.2) is 0 Å². The normalized spacial score (nSPS) is 11.8. The van der Waals surface area contributed by atoms with Crippen molar-refractivity contribution in [3.05, 3.63) is 110 Å². The number of likely N-dealkylation sites (N-methyl/N-ethyl adjacent to an activating group) is 1. The van der Waals surface area contributed by atoms with E-state index in [0.717, 1.165) is 18.0 Å². The lowest BCUT2D eigenvalue weighted by Crippen LogP contribution is -2.35. The van der Waals surface area contributed by atoms with E-state index in [1.807, 2.05) is 0 Å². The highest BCUT2D eigenvalue weighted by Crippen LogP contribution is 2.32. The molecule has 0 aliphatic rings. The second-order valence-corrected chi connectivity index (χ2v) is 10.5.